The van der Waals surface area contributed by atoms with E-state index in [0.717, 1.165) is 12.8 Å². The molecule has 27 heavy (non-hydrogen) atoms. The molecular formula is C23H36O4. The van der Waals surface area contributed by atoms with Gasteiger partial charge in [-0.05, 0) is 45.1 Å². The van der Waals surface area contributed by atoms with Crippen LogP contribution in [-0.4, -0.2) is 28.4 Å². The van der Waals surface area contributed by atoms with Crippen LogP contribution in [0.25, 0.3) is 0 Å². The second kappa shape index (κ2) is 13.2. The molecule has 4 unspecified atom stereocenters. The molecule has 0 spiro atoms. The molecule has 0 aromatic carbocycles. The molecule has 0 saturated heterocycles. The SMILES string of the molecule is CCC(C)/C=C/C=C(\C)CC(C)/C=C/C=C/C(O)C(C)(/C=C(\C)O)OC=O. The van der Waals surface area contributed by atoms with Crippen molar-refractivity contribution in [2.75, 3.05) is 0 Å². The minimum Gasteiger partial charge on any atom is -0.513 e. The molecule has 0 amide bonds. The minimum absolute atomic E-state index is 0.0272. The number of hydrogen-bond acceptors (Lipinski definition) is 4. The van der Waals surface area contributed by atoms with Crippen molar-refractivity contribution in [3.63, 3.8) is 0 Å². The van der Waals surface area contributed by atoms with E-state index < -0.39 is 11.7 Å². The highest BCUT2D eigenvalue weighted by molar-refractivity contribution is 5.40. The number of carbonyl (C=O) groups excluding carboxylic acids is 1. The van der Waals surface area contributed by atoms with E-state index >= 15 is 0 Å². The molecule has 0 aliphatic heterocycles. The number of ether oxygens (including phenoxy) is 1. The molecule has 0 aliphatic rings. The van der Waals surface area contributed by atoms with Gasteiger partial charge in [-0.3, -0.25) is 4.79 Å². The first kappa shape index (κ1) is 24.9. The van der Waals surface area contributed by atoms with Crippen LogP contribution < -0.4 is 0 Å². The lowest BCUT2D eigenvalue weighted by atomic mass is 9.97. The maximum atomic E-state index is 10.7. The second-order valence-electron chi connectivity index (χ2n) is 7.36. The maximum Gasteiger partial charge on any atom is 0.294 e. The fourth-order valence-electron chi connectivity index (χ4n) is 2.51. The Kier molecular flexibility index (Phi) is 12.1. The van der Waals surface area contributed by atoms with Gasteiger partial charge in [0.1, 0.15) is 6.10 Å². The lowest BCUT2D eigenvalue weighted by Gasteiger charge is -2.27. The highest BCUT2D eigenvalue weighted by atomic mass is 16.5. The van der Waals surface area contributed by atoms with Crippen molar-refractivity contribution in [3.05, 3.63) is 59.9 Å². The summed E-state index contributed by atoms with van der Waals surface area (Å²) in [4.78, 5) is 10.7. The van der Waals surface area contributed by atoms with Gasteiger partial charge in [0.15, 0.2) is 5.60 Å². The molecule has 0 aromatic heterocycles. The fraction of sp³-hybridized carbons (Fsp3) is 0.522. The summed E-state index contributed by atoms with van der Waals surface area (Å²) in [5.74, 6) is 0.930. The Morgan fingerprint density at radius 1 is 1.07 bits per heavy atom. The molecule has 4 nitrogen and oxygen atoms in total. The van der Waals surface area contributed by atoms with Crippen molar-refractivity contribution in [1.29, 1.82) is 0 Å². The van der Waals surface area contributed by atoms with Crippen LogP contribution in [0, 0.1) is 11.8 Å². The Hall–Kier alpha value is -2.07. The zero-order valence-corrected chi connectivity index (χ0v) is 17.6. The summed E-state index contributed by atoms with van der Waals surface area (Å²) in [6, 6.07) is 0. The van der Waals surface area contributed by atoms with Gasteiger partial charge in [0.05, 0.1) is 5.76 Å². The zero-order valence-electron chi connectivity index (χ0n) is 17.6. The van der Waals surface area contributed by atoms with E-state index in [1.54, 1.807) is 6.08 Å². The van der Waals surface area contributed by atoms with E-state index in [1.165, 1.54) is 31.6 Å². The van der Waals surface area contributed by atoms with Crippen LogP contribution in [0.5, 0.6) is 0 Å². The number of hydrogen-bond donors (Lipinski definition) is 2. The topological polar surface area (TPSA) is 66.8 Å². The smallest absolute Gasteiger partial charge is 0.294 e. The van der Waals surface area contributed by atoms with Crippen LogP contribution in [0.15, 0.2) is 59.9 Å². The third-order valence-electron chi connectivity index (χ3n) is 4.34. The first-order valence-corrected chi connectivity index (χ1v) is 9.51. The lowest BCUT2D eigenvalue weighted by Crippen LogP contribution is -2.39. The molecule has 0 aromatic rings. The van der Waals surface area contributed by atoms with E-state index in [4.69, 9.17) is 4.74 Å². The molecule has 4 atom stereocenters. The van der Waals surface area contributed by atoms with Crippen molar-refractivity contribution in [1.82, 2.24) is 0 Å². The number of rotatable bonds is 12. The second-order valence-corrected chi connectivity index (χ2v) is 7.36. The quantitative estimate of drug-likeness (QED) is 0.271. The van der Waals surface area contributed by atoms with Gasteiger partial charge in [0.2, 0.25) is 0 Å². The van der Waals surface area contributed by atoms with Crippen molar-refractivity contribution in [2.24, 2.45) is 11.8 Å². The van der Waals surface area contributed by atoms with Crippen LogP contribution in [0.4, 0.5) is 0 Å². The van der Waals surface area contributed by atoms with Crippen molar-refractivity contribution < 1.29 is 19.7 Å². The number of carbonyl (C=O) groups is 1. The Balaban J connectivity index is 4.73. The van der Waals surface area contributed by atoms with E-state index in [0.29, 0.717) is 11.8 Å². The van der Waals surface area contributed by atoms with Crippen LogP contribution in [0.1, 0.15) is 54.4 Å². The van der Waals surface area contributed by atoms with Crippen molar-refractivity contribution in [2.45, 2.75) is 66.1 Å². The van der Waals surface area contributed by atoms with E-state index in [9.17, 15) is 15.0 Å². The molecule has 4 heteroatoms. The predicted octanol–water partition coefficient (Wildman–Crippen LogP) is 5.43. The maximum absolute atomic E-state index is 10.7. The summed E-state index contributed by atoms with van der Waals surface area (Å²) in [6.45, 7) is 11.9. The number of aliphatic hydroxyl groups is 2. The monoisotopic (exact) mass is 376 g/mol. The third-order valence-corrected chi connectivity index (χ3v) is 4.34. The van der Waals surface area contributed by atoms with Crippen molar-refractivity contribution in [3.8, 4) is 0 Å². The Morgan fingerprint density at radius 2 is 1.67 bits per heavy atom. The molecule has 0 rings (SSSR count). The Bertz CT molecular complexity index is 579. The van der Waals surface area contributed by atoms with Gasteiger partial charge >= 0.3 is 0 Å². The van der Waals surface area contributed by atoms with Gasteiger partial charge in [-0.2, -0.15) is 0 Å². The normalized spacial score (nSPS) is 19.4. The zero-order chi connectivity index (χ0) is 20.9. The first-order chi connectivity index (χ1) is 12.6. The Labute approximate surface area is 164 Å². The first-order valence-electron chi connectivity index (χ1n) is 9.51. The van der Waals surface area contributed by atoms with Gasteiger partial charge in [-0.15, -0.1) is 0 Å². The predicted molar refractivity (Wildman–Crippen MR) is 112 cm³/mol. The van der Waals surface area contributed by atoms with E-state index in [2.05, 4.69) is 52.0 Å². The molecule has 0 bridgehead atoms. The standard InChI is InChI=1S/C23H36O4/c1-7-18(2)12-10-13-20(4)15-19(3)11-8-9-14-22(26)23(6,27-17-24)16-21(5)25/h8-14,16-19,22,25-26H,7,15H2,1-6H3/b11-8+,12-10+,14-9+,20-13+,21-16+. The lowest BCUT2D eigenvalue weighted by molar-refractivity contribution is -0.144. The summed E-state index contributed by atoms with van der Waals surface area (Å²) in [6.07, 6.45) is 16.0. The molecule has 152 valence electrons. The van der Waals surface area contributed by atoms with E-state index in [-0.39, 0.29) is 12.2 Å². The van der Waals surface area contributed by atoms with Crippen LogP contribution in [-0.2, 0) is 9.53 Å². The molecule has 0 fully saturated rings. The molecule has 2 N–H and O–H groups in total. The van der Waals surface area contributed by atoms with Gasteiger partial charge in [-0.25, -0.2) is 0 Å². The molecule has 0 radical (unpaired) electrons. The van der Waals surface area contributed by atoms with Crippen molar-refractivity contribution >= 4 is 6.47 Å². The minimum atomic E-state index is -1.31. The van der Waals surface area contributed by atoms with Gasteiger partial charge in [0, 0.05) is 0 Å². The summed E-state index contributed by atoms with van der Waals surface area (Å²) in [5, 5.41) is 19.6. The van der Waals surface area contributed by atoms with Gasteiger partial charge in [0.25, 0.3) is 6.47 Å². The summed E-state index contributed by atoms with van der Waals surface area (Å²) < 4.78 is 4.94. The molecular weight excluding hydrogens is 340 g/mol. The third kappa shape index (κ3) is 11.3. The largest absolute Gasteiger partial charge is 0.513 e. The highest BCUT2D eigenvalue weighted by Gasteiger charge is 2.31. The molecule has 0 heterocycles. The highest BCUT2D eigenvalue weighted by Crippen LogP contribution is 2.20. The van der Waals surface area contributed by atoms with Gasteiger partial charge in [-0.1, -0.05) is 75.3 Å². The average molecular weight is 377 g/mol. The number of allylic oxidation sites excluding steroid dienone is 8. The Morgan fingerprint density at radius 3 is 2.22 bits per heavy atom. The van der Waals surface area contributed by atoms with E-state index in [1.807, 2.05) is 6.08 Å². The van der Waals surface area contributed by atoms with Gasteiger partial charge < -0.3 is 14.9 Å². The molecule has 0 saturated carbocycles. The van der Waals surface area contributed by atoms with Crippen LogP contribution in [0.3, 0.4) is 0 Å². The summed E-state index contributed by atoms with van der Waals surface area (Å²) in [5.41, 5.74) is 0.00362. The average Bonchev–Trinajstić information content (AvgIpc) is 2.57. The molecule has 0 aliphatic carbocycles. The number of aliphatic hydroxyl groups excluding tert-OH is 2. The summed E-state index contributed by atoms with van der Waals surface area (Å²) >= 11 is 0. The van der Waals surface area contributed by atoms with Crippen LogP contribution in [0.2, 0.25) is 0 Å². The summed E-state index contributed by atoms with van der Waals surface area (Å²) in [7, 11) is 0. The van der Waals surface area contributed by atoms with Crippen LogP contribution >= 0.6 is 0 Å². The fourth-order valence-corrected chi connectivity index (χ4v) is 2.51.